The fraction of sp³-hybridized carbons (Fsp3) is 0.292. The third-order valence-corrected chi connectivity index (χ3v) is 6.03. The summed E-state index contributed by atoms with van der Waals surface area (Å²) in [4.78, 5) is 42.4. The summed E-state index contributed by atoms with van der Waals surface area (Å²) in [5.74, 6) is -0.990. The molecule has 5 nitrogen and oxygen atoms in total. The van der Waals surface area contributed by atoms with Gasteiger partial charge in [-0.1, -0.05) is 18.2 Å². The average molecular weight is 404 g/mol. The second-order valence-corrected chi connectivity index (χ2v) is 8.11. The topological polar surface area (TPSA) is 57.7 Å². The SMILES string of the molecule is O=C1C(N2C(=O)c3ccccc3C2=O)CCC=C(c2ccc(F)cc2)N1CC1CC1. The number of halogens is 1. The zero-order valence-corrected chi connectivity index (χ0v) is 16.4. The van der Waals surface area contributed by atoms with E-state index < -0.39 is 17.9 Å². The lowest BCUT2D eigenvalue weighted by atomic mass is 10.1. The molecule has 0 spiro atoms. The average Bonchev–Trinajstić information content (AvgIpc) is 3.56. The maximum atomic E-state index is 13.7. The van der Waals surface area contributed by atoms with Crippen LogP contribution in [0.25, 0.3) is 5.70 Å². The van der Waals surface area contributed by atoms with Crippen molar-refractivity contribution in [2.75, 3.05) is 6.54 Å². The quantitative estimate of drug-likeness (QED) is 0.727. The van der Waals surface area contributed by atoms with E-state index in [1.807, 2.05) is 6.08 Å². The standard InChI is InChI=1S/C24H21FN2O3/c25-17-12-10-16(11-13-17)20-6-3-7-21(24(30)26(20)14-15-8-9-15)27-22(28)18-4-1-2-5-19(18)23(27)29/h1-2,4-6,10-13,15,21H,3,7-9,14H2. The lowest BCUT2D eigenvalue weighted by Crippen LogP contribution is -2.50. The van der Waals surface area contributed by atoms with Gasteiger partial charge in [0.05, 0.1) is 11.1 Å². The van der Waals surface area contributed by atoms with Gasteiger partial charge in [0.15, 0.2) is 0 Å². The zero-order chi connectivity index (χ0) is 20.8. The van der Waals surface area contributed by atoms with E-state index in [4.69, 9.17) is 0 Å². The van der Waals surface area contributed by atoms with Gasteiger partial charge in [-0.25, -0.2) is 4.39 Å². The first kappa shape index (κ1) is 18.7. The third kappa shape index (κ3) is 3.12. The molecule has 1 atom stereocenters. The molecule has 3 aliphatic rings. The Kier molecular flexibility index (Phi) is 4.50. The molecule has 2 heterocycles. The van der Waals surface area contributed by atoms with Gasteiger partial charge in [0.25, 0.3) is 11.8 Å². The van der Waals surface area contributed by atoms with Crippen molar-refractivity contribution < 1.29 is 18.8 Å². The van der Waals surface area contributed by atoms with Crippen molar-refractivity contribution in [3.63, 3.8) is 0 Å². The van der Waals surface area contributed by atoms with Crippen LogP contribution in [-0.4, -0.2) is 40.1 Å². The number of carbonyl (C=O) groups excluding carboxylic acids is 3. The minimum atomic E-state index is -0.842. The molecule has 2 aromatic rings. The molecule has 0 bridgehead atoms. The molecule has 1 aliphatic carbocycles. The monoisotopic (exact) mass is 404 g/mol. The van der Waals surface area contributed by atoms with E-state index >= 15 is 0 Å². The number of imide groups is 1. The molecular weight excluding hydrogens is 383 g/mol. The Hall–Kier alpha value is -3.28. The van der Waals surface area contributed by atoms with Gasteiger partial charge in [0, 0.05) is 12.2 Å². The third-order valence-electron chi connectivity index (χ3n) is 6.03. The molecule has 5 rings (SSSR count). The summed E-state index contributed by atoms with van der Waals surface area (Å²) in [6, 6.07) is 11.9. The van der Waals surface area contributed by atoms with Crippen LogP contribution in [0.1, 0.15) is 52.0 Å². The highest BCUT2D eigenvalue weighted by molar-refractivity contribution is 6.23. The van der Waals surface area contributed by atoms with Gasteiger partial charge in [-0.05, 0) is 73.6 Å². The molecule has 30 heavy (non-hydrogen) atoms. The maximum absolute atomic E-state index is 13.7. The molecule has 6 heteroatoms. The van der Waals surface area contributed by atoms with Crippen LogP contribution in [0.4, 0.5) is 4.39 Å². The summed E-state index contributed by atoms with van der Waals surface area (Å²) in [5, 5.41) is 0. The van der Waals surface area contributed by atoms with E-state index in [9.17, 15) is 18.8 Å². The number of carbonyl (C=O) groups is 3. The summed E-state index contributed by atoms with van der Waals surface area (Å²) in [6.07, 6.45) is 4.98. The highest BCUT2D eigenvalue weighted by atomic mass is 19.1. The summed E-state index contributed by atoms with van der Waals surface area (Å²) >= 11 is 0. The Morgan fingerprint density at radius 2 is 1.50 bits per heavy atom. The van der Waals surface area contributed by atoms with Gasteiger partial charge < -0.3 is 4.90 Å². The summed E-state index contributed by atoms with van der Waals surface area (Å²) < 4.78 is 13.4. The predicted molar refractivity (Wildman–Crippen MR) is 109 cm³/mol. The van der Waals surface area contributed by atoms with Gasteiger partial charge in [0.2, 0.25) is 5.91 Å². The van der Waals surface area contributed by atoms with Crippen LogP contribution in [0.5, 0.6) is 0 Å². The largest absolute Gasteiger partial charge is 0.310 e. The number of hydrogen-bond acceptors (Lipinski definition) is 3. The Morgan fingerprint density at radius 1 is 0.867 bits per heavy atom. The molecule has 1 fully saturated rings. The number of allylic oxidation sites excluding steroid dienone is 1. The van der Waals surface area contributed by atoms with Crippen LogP contribution < -0.4 is 0 Å². The van der Waals surface area contributed by atoms with Crippen molar-refractivity contribution in [3.05, 3.63) is 77.1 Å². The van der Waals surface area contributed by atoms with E-state index in [-0.39, 0.29) is 11.7 Å². The van der Waals surface area contributed by atoms with E-state index in [0.29, 0.717) is 36.4 Å². The molecule has 0 N–H and O–H groups in total. The number of hydrogen-bond donors (Lipinski definition) is 0. The summed E-state index contributed by atoms with van der Waals surface area (Å²) in [7, 11) is 0. The number of rotatable bonds is 4. The first-order valence-corrected chi connectivity index (χ1v) is 10.3. The highest BCUT2D eigenvalue weighted by Crippen LogP contribution is 2.36. The Morgan fingerprint density at radius 3 is 2.10 bits per heavy atom. The second kappa shape index (κ2) is 7.20. The molecular formula is C24H21FN2O3. The van der Waals surface area contributed by atoms with Crippen molar-refractivity contribution in [2.24, 2.45) is 5.92 Å². The van der Waals surface area contributed by atoms with E-state index in [0.717, 1.165) is 29.0 Å². The van der Waals surface area contributed by atoms with Crippen LogP contribution >= 0.6 is 0 Å². The minimum absolute atomic E-state index is 0.246. The minimum Gasteiger partial charge on any atom is -0.310 e. The number of amides is 3. The fourth-order valence-electron chi connectivity index (χ4n) is 4.28. The summed E-state index contributed by atoms with van der Waals surface area (Å²) in [5.41, 5.74) is 2.18. The Labute approximate surface area is 173 Å². The fourth-order valence-corrected chi connectivity index (χ4v) is 4.28. The van der Waals surface area contributed by atoms with Crippen LogP contribution in [0.15, 0.2) is 54.6 Å². The van der Waals surface area contributed by atoms with Gasteiger partial charge in [-0.2, -0.15) is 0 Å². The molecule has 3 amide bonds. The molecule has 152 valence electrons. The van der Waals surface area contributed by atoms with Crippen LogP contribution in [0, 0.1) is 11.7 Å². The maximum Gasteiger partial charge on any atom is 0.262 e. The molecule has 1 unspecified atom stereocenters. The Bertz CT molecular complexity index is 1040. The molecule has 0 radical (unpaired) electrons. The van der Waals surface area contributed by atoms with Gasteiger partial charge in [0.1, 0.15) is 11.9 Å². The molecule has 0 saturated heterocycles. The first-order valence-electron chi connectivity index (χ1n) is 10.3. The molecule has 0 aromatic heterocycles. The van der Waals surface area contributed by atoms with E-state index in [1.54, 1.807) is 41.3 Å². The number of nitrogens with zero attached hydrogens (tertiary/aromatic N) is 2. The predicted octanol–water partition coefficient (Wildman–Crippen LogP) is 3.86. The van der Waals surface area contributed by atoms with Gasteiger partial charge >= 0.3 is 0 Å². The molecule has 1 saturated carbocycles. The van der Waals surface area contributed by atoms with Crippen molar-refractivity contribution >= 4 is 23.4 Å². The molecule has 2 aromatic carbocycles. The van der Waals surface area contributed by atoms with Crippen LogP contribution in [0.2, 0.25) is 0 Å². The van der Waals surface area contributed by atoms with Crippen molar-refractivity contribution in [1.82, 2.24) is 9.80 Å². The van der Waals surface area contributed by atoms with Crippen molar-refractivity contribution in [3.8, 4) is 0 Å². The Balaban J connectivity index is 1.49. The number of benzene rings is 2. The zero-order valence-electron chi connectivity index (χ0n) is 16.4. The normalized spacial score (nSPS) is 21.6. The first-order chi connectivity index (χ1) is 14.5. The summed E-state index contributed by atoms with van der Waals surface area (Å²) in [6.45, 7) is 0.543. The lowest BCUT2D eigenvalue weighted by molar-refractivity contribution is -0.132. The van der Waals surface area contributed by atoms with Crippen molar-refractivity contribution in [1.29, 1.82) is 0 Å². The molecule has 2 aliphatic heterocycles. The van der Waals surface area contributed by atoms with E-state index in [1.165, 1.54) is 12.1 Å². The van der Waals surface area contributed by atoms with Crippen LogP contribution in [-0.2, 0) is 4.79 Å². The van der Waals surface area contributed by atoms with E-state index in [2.05, 4.69) is 0 Å². The number of fused-ring (bicyclic) bond motifs is 1. The smallest absolute Gasteiger partial charge is 0.262 e. The lowest BCUT2D eigenvalue weighted by Gasteiger charge is -2.31. The van der Waals surface area contributed by atoms with Crippen molar-refractivity contribution in [2.45, 2.75) is 31.7 Å². The highest BCUT2D eigenvalue weighted by Gasteiger charge is 2.45. The van der Waals surface area contributed by atoms with Crippen LogP contribution in [0.3, 0.4) is 0 Å². The second-order valence-electron chi connectivity index (χ2n) is 8.11. The van der Waals surface area contributed by atoms with Gasteiger partial charge in [-0.15, -0.1) is 0 Å². The van der Waals surface area contributed by atoms with Gasteiger partial charge in [-0.3, -0.25) is 19.3 Å².